The molecule has 0 fully saturated rings. The van der Waals surface area contributed by atoms with E-state index in [0.29, 0.717) is 13.1 Å². The largest absolute Gasteiger partial charge is 0.494 e. The number of ether oxygens (including phenoxy) is 1. The Morgan fingerprint density at radius 1 is 1.41 bits per heavy atom. The third kappa shape index (κ3) is 3.01. The summed E-state index contributed by atoms with van der Waals surface area (Å²) in [5, 5.41) is 9.59. The molecule has 0 aliphatic carbocycles. The van der Waals surface area contributed by atoms with Crippen LogP contribution in [0.4, 0.5) is 4.39 Å². The molecule has 17 heavy (non-hydrogen) atoms. The average molecular weight is 236 g/mol. The van der Waals surface area contributed by atoms with Gasteiger partial charge in [0, 0.05) is 6.54 Å². The van der Waals surface area contributed by atoms with Crippen LogP contribution >= 0.6 is 0 Å². The Bertz CT molecular complexity index is 472. The van der Waals surface area contributed by atoms with Crippen LogP contribution in [-0.4, -0.2) is 22.3 Å². The van der Waals surface area contributed by atoms with Crippen LogP contribution in [0.2, 0.25) is 0 Å². The minimum atomic E-state index is -0.355. The summed E-state index contributed by atoms with van der Waals surface area (Å²) in [5.74, 6) is 0.648. The quantitative estimate of drug-likeness (QED) is 0.820. The molecular formula is C11H13FN4O. The molecule has 0 spiro atoms. The summed E-state index contributed by atoms with van der Waals surface area (Å²) in [4.78, 5) is 3.97. The first-order valence-electron chi connectivity index (χ1n) is 5.17. The number of benzene rings is 1. The van der Waals surface area contributed by atoms with E-state index in [1.807, 2.05) is 6.07 Å². The van der Waals surface area contributed by atoms with Gasteiger partial charge in [-0.15, -0.1) is 0 Å². The number of nitrogens with zero attached hydrogens (tertiary/aromatic N) is 2. The van der Waals surface area contributed by atoms with Crippen LogP contribution in [0.1, 0.15) is 11.4 Å². The number of hydrogen-bond acceptors (Lipinski definition) is 4. The van der Waals surface area contributed by atoms with E-state index >= 15 is 0 Å². The average Bonchev–Trinajstić information content (AvgIpc) is 2.82. The molecule has 0 saturated heterocycles. The van der Waals surface area contributed by atoms with Gasteiger partial charge in [0.15, 0.2) is 11.6 Å². The van der Waals surface area contributed by atoms with Gasteiger partial charge in [-0.1, -0.05) is 6.07 Å². The summed E-state index contributed by atoms with van der Waals surface area (Å²) in [6, 6.07) is 4.88. The summed E-state index contributed by atoms with van der Waals surface area (Å²) in [6.07, 6.45) is 1.45. The van der Waals surface area contributed by atoms with Gasteiger partial charge in [-0.25, -0.2) is 9.37 Å². The summed E-state index contributed by atoms with van der Waals surface area (Å²) < 4.78 is 18.2. The summed E-state index contributed by atoms with van der Waals surface area (Å²) in [5.41, 5.74) is 0.850. The lowest BCUT2D eigenvalue weighted by atomic mass is 10.2. The van der Waals surface area contributed by atoms with E-state index in [1.54, 1.807) is 6.07 Å². The molecule has 0 atom stereocenters. The molecule has 0 aliphatic heterocycles. The third-order valence-corrected chi connectivity index (χ3v) is 2.30. The second-order valence-electron chi connectivity index (χ2n) is 3.50. The van der Waals surface area contributed by atoms with Gasteiger partial charge in [-0.2, -0.15) is 5.10 Å². The topological polar surface area (TPSA) is 62.8 Å². The lowest BCUT2D eigenvalue weighted by molar-refractivity contribution is 0.386. The van der Waals surface area contributed by atoms with Crippen molar-refractivity contribution >= 4 is 0 Å². The maximum atomic E-state index is 13.4. The Kier molecular flexibility index (Phi) is 3.66. The lowest BCUT2D eigenvalue weighted by Gasteiger charge is -2.05. The molecule has 0 bridgehead atoms. The normalized spacial score (nSPS) is 10.5. The first-order valence-corrected chi connectivity index (χ1v) is 5.17. The van der Waals surface area contributed by atoms with Crippen molar-refractivity contribution in [1.82, 2.24) is 20.5 Å². The number of hydrogen-bond donors (Lipinski definition) is 2. The first kappa shape index (κ1) is 11.5. The van der Waals surface area contributed by atoms with E-state index < -0.39 is 0 Å². The fourth-order valence-electron chi connectivity index (χ4n) is 1.46. The Morgan fingerprint density at radius 2 is 2.29 bits per heavy atom. The van der Waals surface area contributed by atoms with Crippen molar-refractivity contribution in [3.63, 3.8) is 0 Å². The summed E-state index contributed by atoms with van der Waals surface area (Å²) >= 11 is 0. The van der Waals surface area contributed by atoms with Crippen LogP contribution < -0.4 is 10.1 Å². The van der Waals surface area contributed by atoms with E-state index in [2.05, 4.69) is 20.5 Å². The molecule has 6 heteroatoms. The second-order valence-corrected chi connectivity index (χ2v) is 3.50. The zero-order valence-corrected chi connectivity index (χ0v) is 9.40. The zero-order chi connectivity index (χ0) is 12.1. The highest BCUT2D eigenvalue weighted by molar-refractivity contribution is 5.29. The molecule has 2 rings (SSSR count). The van der Waals surface area contributed by atoms with E-state index in [0.717, 1.165) is 11.4 Å². The Labute approximate surface area is 98.0 Å². The van der Waals surface area contributed by atoms with Crippen molar-refractivity contribution in [3.8, 4) is 5.75 Å². The van der Waals surface area contributed by atoms with Crippen molar-refractivity contribution in [2.75, 3.05) is 7.11 Å². The van der Waals surface area contributed by atoms with Crippen LogP contribution in [0, 0.1) is 5.82 Å². The lowest BCUT2D eigenvalue weighted by Crippen LogP contribution is -2.13. The van der Waals surface area contributed by atoms with Gasteiger partial charge in [0.1, 0.15) is 12.2 Å². The molecule has 0 aliphatic rings. The van der Waals surface area contributed by atoms with E-state index in [1.165, 1.54) is 19.5 Å². The number of aromatic nitrogens is 3. The molecule has 0 saturated carbocycles. The molecule has 0 radical (unpaired) electrons. The molecule has 1 aromatic carbocycles. The minimum Gasteiger partial charge on any atom is -0.494 e. The Balaban J connectivity index is 1.89. The molecular weight excluding hydrogens is 223 g/mol. The number of H-pyrrole nitrogens is 1. The SMILES string of the molecule is COc1ccc(CNCc2ncn[nH]2)cc1F. The van der Waals surface area contributed by atoms with Gasteiger partial charge in [0.25, 0.3) is 0 Å². The zero-order valence-electron chi connectivity index (χ0n) is 9.40. The summed E-state index contributed by atoms with van der Waals surface area (Å²) in [7, 11) is 1.44. The van der Waals surface area contributed by atoms with Crippen molar-refractivity contribution in [2.24, 2.45) is 0 Å². The third-order valence-electron chi connectivity index (χ3n) is 2.30. The van der Waals surface area contributed by atoms with E-state index in [9.17, 15) is 4.39 Å². The molecule has 1 heterocycles. The second kappa shape index (κ2) is 5.40. The predicted molar refractivity (Wildman–Crippen MR) is 59.9 cm³/mol. The predicted octanol–water partition coefficient (Wildman–Crippen LogP) is 1.24. The molecule has 2 aromatic rings. The van der Waals surface area contributed by atoms with Gasteiger partial charge >= 0.3 is 0 Å². The standard InChI is InChI=1S/C11H13FN4O/c1-17-10-3-2-8(4-9(10)12)5-13-6-11-14-7-15-16-11/h2-4,7,13H,5-6H2,1H3,(H,14,15,16). The fourth-order valence-corrected chi connectivity index (χ4v) is 1.46. The highest BCUT2D eigenvalue weighted by Gasteiger charge is 2.03. The molecule has 0 amide bonds. The number of aromatic amines is 1. The molecule has 5 nitrogen and oxygen atoms in total. The fraction of sp³-hybridized carbons (Fsp3) is 0.273. The monoisotopic (exact) mass is 236 g/mol. The minimum absolute atomic E-state index is 0.254. The van der Waals surface area contributed by atoms with Crippen molar-refractivity contribution in [1.29, 1.82) is 0 Å². The Hall–Kier alpha value is -1.95. The highest BCUT2D eigenvalue weighted by atomic mass is 19.1. The maximum absolute atomic E-state index is 13.4. The smallest absolute Gasteiger partial charge is 0.165 e. The van der Waals surface area contributed by atoms with Crippen LogP contribution in [0.5, 0.6) is 5.75 Å². The van der Waals surface area contributed by atoms with E-state index in [-0.39, 0.29) is 11.6 Å². The van der Waals surface area contributed by atoms with Gasteiger partial charge in [0.2, 0.25) is 0 Å². The van der Waals surface area contributed by atoms with Crippen LogP contribution in [0.15, 0.2) is 24.5 Å². The van der Waals surface area contributed by atoms with Gasteiger partial charge in [-0.05, 0) is 17.7 Å². The number of methoxy groups -OCH3 is 1. The first-order chi connectivity index (χ1) is 8.29. The Morgan fingerprint density at radius 3 is 2.94 bits per heavy atom. The van der Waals surface area contributed by atoms with Gasteiger partial charge in [0.05, 0.1) is 13.7 Å². The summed E-state index contributed by atoms with van der Waals surface area (Å²) in [6.45, 7) is 1.12. The van der Waals surface area contributed by atoms with E-state index in [4.69, 9.17) is 4.74 Å². The molecule has 1 aromatic heterocycles. The molecule has 0 unspecified atom stereocenters. The van der Waals surface area contributed by atoms with Gasteiger partial charge < -0.3 is 10.1 Å². The highest BCUT2D eigenvalue weighted by Crippen LogP contribution is 2.17. The van der Waals surface area contributed by atoms with Crippen LogP contribution in [-0.2, 0) is 13.1 Å². The number of halogens is 1. The number of rotatable bonds is 5. The van der Waals surface area contributed by atoms with Crippen LogP contribution in [0.25, 0.3) is 0 Å². The molecule has 2 N–H and O–H groups in total. The van der Waals surface area contributed by atoms with Crippen molar-refractivity contribution in [2.45, 2.75) is 13.1 Å². The number of nitrogens with one attached hydrogen (secondary N) is 2. The maximum Gasteiger partial charge on any atom is 0.165 e. The van der Waals surface area contributed by atoms with Crippen LogP contribution in [0.3, 0.4) is 0 Å². The van der Waals surface area contributed by atoms with Gasteiger partial charge in [-0.3, -0.25) is 5.10 Å². The van der Waals surface area contributed by atoms with Crippen molar-refractivity contribution < 1.29 is 9.13 Å². The molecule has 90 valence electrons. The van der Waals surface area contributed by atoms with Crippen molar-refractivity contribution in [3.05, 3.63) is 41.7 Å².